The average molecular weight is 399 g/mol. The van der Waals surface area contributed by atoms with Crippen LogP contribution in [0.5, 0.6) is 0 Å². The van der Waals surface area contributed by atoms with Crippen molar-refractivity contribution in [2.45, 2.75) is 58.2 Å². The molecule has 0 atom stereocenters. The van der Waals surface area contributed by atoms with E-state index in [0.29, 0.717) is 5.92 Å². The third-order valence-corrected chi connectivity index (χ3v) is 8.21. The van der Waals surface area contributed by atoms with E-state index < -0.39 is 0 Å². The molecule has 136 valence electrons. The van der Waals surface area contributed by atoms with Gasteiger partial charge in [-0.2, -0.15) is 37.9 Å². The first-order valence-corrected chi connectivity index (χ1v) is 10.9. The highest BCUT2D eigenvalue weighted by molar-refractivity contribution is 7.84. The van der Waals surface area contributed by atoms with Crippen molar-refractivity contribution in [3.8, 4) is 0 Å². The van der Waals surface area contributed by atoms with Crippen molar-refractivity contribution in [2.75, 3.05) is 0 Å². The minimum Gasteiger partial charge on any atom is -0.172 e. The zero-order valence-corrected chi connectivity index (χ0v) is 17.6. The molecule has 0 aromatic heterocycles. The highest BCUT2D eigenvalue weighted by Crippen LogP contribution is 2.70. The number of hydrogen-bond donors (Lipinski definition) is 3. The summed E-state index contributed by atoms with van der Waals surface area (Å²) in [5, 5.41) is 0. The summed E-state index contributed by atoms with van der Waals surface area (Å²) in [6, 6.07) is 9.24. The normalized spacial score (nSPS) is 43.8. The van der Waals surface area contributed by atoms with Crippen LogP contribution in [-0.2, 0) is 5.41 Å². The zero-order valence-electron chi connectivity index (χ0n) is 14.9. The van der Waals surface area contributed by atoms with E-state index in [9.17, 15) is 0 Å². The Kier molecular flexibility index (Phi) is 3.89. The molecule has 0 spiro atoms. The highest BCUT2D eigenvalue weighted by Gasteiger charge is 2.65. The Hall–Kier alpha value is -0.510. The van der Waals surface area contributed by atoms with Crippen molar-refractivity contribution in [1.82, 2.24) is 0 Å². The minimum atomic E-state index is 0.0952. The Morgan fingerprint density at radius 2 is 1.23 bits per heavy atom. The Labute approximate surface area is 173 Å². The van der Waals surface area contributed by atoms with E-state index in [1.165, 1.54) is 30.4 Å². The highest BCUT2D eigenvalue weighted by atomic mass is 32.1. The molecule has 0 amide bonds. The Bertz CT molecular complexity index is 751. The van der Waals surface area contributed by atoms with E-state index in [1.54, 1.807) is 0 Å². The van der Waals surface area contributed by atoms with Gasteiger partial charge in [-0.25, -0.2) is 0 Å². The molecular formula is C23H26S3. The van der Waals surface area contributed by atoms with Crippen LogP contribution in [0.15, 0.2) is 54.6 Å². The molecule has 0 heterocycles. The van der Waals surface area contributed by atoms with E-state index in [1.807, 2.05) is 0 Å². The molecule has 3 heteroatoms. The summed E-state index contributed by atoms with van der Waals surface area (Å²) in [4.78, 5) is 0. The zero-order chi connectivity index (χ0) is 18.0. The van der Waals surface area contributed by atoms with Crippen LogP contribution in [-0.4, -0.2) is 14.2 Å². The van der Waals surface area contributed by atoms with Crippen LogP contribution >= 0.6 is 37.9 Å². The van der Waals surface area contributed by atoms with Crippen molar-refractivity contribution in [1.29, 1.82) is 0 Å². The summed E-state index contributed by atoms with van der Waals surface area (Å²) >= 11 is 15.4. The van der Waals surface area contributed by atoms with Gasteiger partial charge in [-0.3, -0.25) is 0 Å². The van der Waals surface area contributed by atoms with Gasteiger partial charge in [0.15, 0.2) is 0 Å². The number of hydrogen-bond acceptors (Lipinski definition) is 3. The van der Waals surface area contributed by atoms with Gasteiger partial charge in [0.05, 0.1) is 0 Å². The molecule has 1 aromatic carbocycles. The van der Waals surface area contributed by atoms with Gasteiger partial charge in [-0.05, 0) is 55.1 Å². The molecule has 0 unspecified atom stereocenters. The van der Waals surface area contributed by atoms with Gasteiger partial charge in [-0.15, -0.1) is 0 Å². The summed E-state index contributed by atoms with van der Waals surface area (Å²) < 4.78 is 0.286. The first kappa shape index (κ1) is 17.6. The van der Waals surface area contributed by atoms with Gasteiger partial charge in [0.25, 0.3) is 0 Å². The van der Waals surface area contributed by atoms with Crippen molar-refractivity contribution in [3.63, 3.8) is 0 Å². The second-order valence-corrected chi connectivity index (χ2v) is 12.2. The second-order valence-electron chi connectivity index (χ2n) is 9.34. The maximum Gasteiger partial charge on any atom is 0.0164 e. The monoisotopic (exact) mass is 398 g/mol. The molecule has 1 aromatic rings. The Balaban J connectivity index is 1.44. The van der Waals surface area contributed by atoms with Crippen molar-refractivity contribution in [3.05, 3.63) is 65.8 Å². The van der Waals surface area contributed by atoms with Gasteiger partial charge in [0, 0.05) is 20.2 Å². The Morgan fingerprint density at radius 3 is 1.73 bits per heavy atom. The molecule has 6 rings (SSSR count). The van der Waals surface area contributed by atoms with E-state index in [-0.39, 0.29) is 19.7 Å². The lowest BCUT2D eigenvalue weighted by atomic mass is 9.47. The maximum absolute atomic E-state index is 5.14. The van der Waals surface area contributed by atoms with Gasteiger partial charge >= 0.3 is 0 Å². The van der Waals surface area contributed by atoms with Gasteiger partial charge < -0.3 is 0 Å². The maximum atomic E-state index is 5.14. The van der Waals surface area contributed by atoms with Crippen LogP contribution in [0.25, 0.3) is 6.08 Å². The molecule has 5 aliphatic rings. The van der Waals surface area contributed by atoms with Crippen LogP contribution in [0.3, 0.4) is 0 Å². The molecule has 5 aliphatic carbocycles. The summed E-state index contributed by atoms with van der Waals surface area (Å²) in [5.74, 6) is 0.440. The van der Waals surface area contributed by atoms with Gasteiger partial charge in [-0.1, -0.05) is 60.7 Å². The van der Waals surface area contributed by atoms with E-state index >= 15 is 0 Å². The summed E-state index contributed by atoms with van der Waals surface area (Å²) in [6.07, 6.45) is 20.0. The third kappa shape index (κ3) is 2.95. The molecule has 4 bridgehead atoms. The van der Waals surface area contributed by atoms with E-state index in [0.717, 1.165) is 19.3 Å². The van der Waals surface area contributed by atoms with Crippen molar-refractivity contribution in [2.24, 2.45) is 5.92 Å². The van der Waals surface area contributed by atoms with Crippen LogP contribution in [0.2, 0.25) is 0 Å². The largest absolute Gasteiger partial charge is 0.172 e. The third-order valence-electron chi connectivity index (χ3n) is 6.79. The summed E-state index contributed by atoms with van der Waals surface area (Å²) in [5.41, 5.74) is 2.93. The molecule has 0 N–H and O–H groups in total. The lowest BCUT2D eigenvalue weighted by molar-refractivity contribution is 0.0510. The lowest BCUT2D eigenvalue weighted by Crippen LogP contribution is -2.66. The predicted molar refractivity (Wildman–Crippen MR) is 122 cm³/mol. The molecule has 4 saturated carbocycles. The number of allylic oxidation sites excluding steroid dienone is 5. The molecule has 26 heavy (non-hydrogen) atoms. The smallest absolute Gasteiger partial charge is 0.0164 e. The molecule has 0 radical (unpaired) electrons. The fourth-order valence-electron chi connectivity index (χ4n) is 6.53. The standard InChI is InChI=1S/C23H26S3/c24-21-11-20(12-22(25,14-21)16-23(26,13-20)15-21)19-9-7-18(8-10-19)6-5-17-3-1-2-4-17/h1-10,17,24-26H,11-16H2/b6-5+. The van der Waals surface area contributed by atoms with Crippen LogP contribution < -0.4 is 0 Å². The SMILES string of the molecule is SC12CC3(S)CC(S)(C1)CC(c1ccc(/C=C/C4C=CC=C4)cc1)(C2)C3. The number of thiol groups is 3. The van der Waals surface area contributed by atoms with Crippen LogP contribution in [0.1, 0.15) is 49.7 Å². The van der Waals surface area contributed by atoms with Crippen molar-refractivity contribution >= 4 is 44.0 Å². The second kappa shape index (κ2) is 5.75. The first-order chi connectivity index (χ1) is 12.3. The fourth-order valence-corrected chi connectivity index (χ4v) is 9.63. The van der Waals surface area contributed by atoms with Crippen LogP contribution in [0, 0.1) is 5.92 Å². The summed E-state index contributed by atoms with van der Waals surface area (Å²) in [7, 11) is 0. The lowest BCUT2D eigenvalue weighted by Gasteiger charge is -2.67. The predicted octanol–water partition coefficient (Wildman–Crippen LogP) is 6.07. The fraction of sp³-hybridized carbons (Fsp3) is 0.478. The molecule has 0 nitrogen and oxygen atoms in total. The quantitative estimate of drug-likeness (QED) is 0.506. The topological polar surface area (TPSA) is 0 Å². The van der Waals surface area contributed by atoms with Crippen LogP contribution in [0.4, 0.5) is 0 Å². The number of benzene rings is 1. The van der Waals surface area contributed by atoms with Gasteiger partial charge in [0.1, 0.15) is 0 Å². The summed E-state index contributed by atoms with van der Waals surface area (Å²) in [6.45, 7) is 0. The minimum absolute atomic E-state index is 0.0952. The van der Waals surface area contributed by atoms with E-state index in [2.05, 4.69) is 60.7 Å². The molecule has 4 fully saturated rings. The first-order valence-electron chi connectivity index (χ1n) is 9.61. The average Bonchev–Trinajstić information content (AvgIpc) is 3.02. The van der Waals surface area contributed by atoms with Gasteiger partial charge in [0.2, 0.25) is 0 Å². The number of rotatable bonds is 3. The Morgan fingerprint density at radius 1 is 0.731 bits per heavy atom. The van der Waals surface area contributed by atoms with E-state index in [4.69, 9.17) is 37.9 Å². The van der Waals surface area contributed by atoms with Crippen molar-refractivity contribution < 1.29 is 0 Å². The molecule has 0 saturated heterocycles. The molecule has 0 aliphatic heterocycles. The molecular weight excluding hydrogens is 372 g/mol.